The number of aryl methyl sites for hydroxylation is 1. The second-order valence-corrected chi connectivity index (χ2v) is 6.28. The van der Waals surface area contributed by atoms with Crippen LogP contribution >= 0.6 is 11.6 Å². The minimum absolute atomic E-state index is 0.305. The minimum atomic E-state index is -0.305. The lowest BCUT2D eigenvalue weighted by Crippen LogP contribution is -2.32. The Morgan fingerprint density at radius 3 is 2.64 bits per heavy atom. The van der Waals surface area contributed by atoms with E-state index in [4.69, 9.17) is 11.6 Å². The first-order chi connectivity index (χ1) is 13.6. The van der Waals surface area contributed by atoms with Crippen LogP contribution in [0, 0.1) is 6.92 Å². The van der Waals surface area contributed by atoms with Crippen molar-refractivity contribution in [2.75, 3.05) is 29.0 Å². The molecule has 4 N–H and O–H groups in total. The number of pyridine rings is 1. The molecule has 2 amide bonds. The Labute approximate surface area is 167 Å². The highest BCUT2D eigenvalue weighted by atomic mass is 35.5. The molecule has 144 valence electrons. The number of hydrogen-bond donors (Lipinski definition) is 4. The van der Waals surface area contributed by atoms with Gasteiger partial charge < -0.3 is 21.3 Å². The van der Waals surface area contributed by atoms with E-state index in [1.54, 1.807) is 36.5 Å². The fraction of sp³-hybridized carbons (Fsp3) is 0.158. The molecule has 0 saturated heterocycles. The number of aromatic nitrogens is 3. The molecule has 0 fully saturated rings. The molecule has 3 aromatic rings. The quantitative estimate of drug-likeness (QED) is 0.452. The number of nitrogens with one attached hydrogen (secondary N) is 4. The Morgan fingerprint density at radius 2 is 1.86 bits per heavy atom. The second-order valence-electron chi connectivity index (χ2n) is 5.84. The van der Waals surface area contributed by atoms with Crippen molar-refractivity contribution in [2.45, 2.75) is 6.92 Å². The number of halogens is 1. The van der Waals surface area contributed by atoms with Crippen molar-refractivity contribution in [3.8, 4) is 0 Å². The maximum Gasteiger partial charge on any atom is 0.319 e. The monoisotopic (exact) mass is 397 g/mol. The molecule has 0 unspecified atom stereocenters. The molecule has 0 atom stereocenters. The van der Waals surface area contributed by atoms with Crippen LogP contribution in [-0.2, 0) is 0 Å². The summed E-state index contributed by atoms with van der Waals surface area (Å²) in [6, 6.07) is 14.0. The van der Waals surface area contributed by atoms with Gasteiger partial charge in [-0.15, -0.1) is 0 Å². The Balaban J connectivity index is 1.47. The van der Waals surface area contributed by atoms with E-state index in [1.165, 1.54) is 0 Å². The van der Waals surface area contributed by atoms with E-state index in [9.17, 15) is 4.79 Å². The number of anilines is 4. The number of amides is 2. The van der Waals surface area contributed by atoms with Crippen LogP contribution in [0.4, 0.5) is 27.9 Å². The third-order valence-electron chi connectivity index (χ3n) is 3.56. The van der Waals surface area contributed by atoms with E-state index < -0.39 is 0 Å². The molecule has 0 saturated carbocycles. The zero-order chi connectivity index (χ0) is 19.8. The molecule has 9 heteroatoms. The number of carbonyl (C=O) groups excluding carboxylic acids is 1. The average molecular weight is 398 g/mol. The molecule has 8 nitrogen and oxygen atoms in total. The van der Waals surface area contributed by atoms with Gasteiger partial charge >= 0.3 is 6.03 Å². The molecule has 0 spiro atoms. The van der Waals surface area contributed by atoms with Gasteiger partial charge in [-0.2, -0.15) is 0 Å². The third-order valence-corrected chi connectivity index (χ3v) is 3.79. The van der Waals surface area contributed by atoms with E-state index in [0.29, 0.717) is 47.1 Å². The second kappa shape index (κ2) is 9.52. The number of rotatable bonds is 7. The standard InChI is InChI=1S/C19H20ClN7O/c1-13-24-17(12-18(25-13)27-16-7-2-3-8-21-16)22-9-10-23-19(28)26-15-6-4-5-14(20)11-15/h2-8,11-12H,9-10H2,1H3,(H2,23,26,28)(H2,21,22,24,25,27). The number of nitrogens with zero attached hydrogens (tertiary/aromatic N) is 3. The van der Waals surface area contributed by atoms with Crippen molar-refractivity contribution in [2.24, 2.45) is 0 Å². The third kappa shape index (κ3) is 6.10. The normalized spacial score (nSPS) is 10.2. The highest BCUT2D eigenvalue weighted by Crippen LogP contribution is 2.16. The SMILES string of the molecule is Cc1nc(NCCNC(=O)Nc2cccc(Cl)c2)cc(Nc2ccccn2)n1. The molecule has 2 heterocycles. The van der Waals surface area contributed by atoms with Crippen molar-refractivity contribution >= 4 is 40.8 Å². The van der Waals surface area contributed by atoms with Gasteiger partial charge in [0, 0.05) is 36.1 Å². The van der Waals surface area contributed by atoms with Crippen LogP contribution in [0.2, 0.25) is 5.02 Å². The first-order valence-electron chi connectivity index (χ1n) is 8.66. The number of urea groups is 1. The fourth-order valence-corrected chi connectivity index (χ4v) is 2.59. The highest BCUT2D eigenvalue weighted by Gasteiger charge is 2.04. The van der Waals surface area contributed by atoms with Crippen LogP contribution in [0.25, 0.3) is 0 Å². The first kappa shape index (κ1) is 19.4. The average Bonchev–Trinajstić information content (AvgIpc) is 2.66. The molecule has 3 rings (SSSR count). The lowest BCUT2D eigenvalue weighted by atomic mass is 10.3. The summed E-state index contributed by atoms with van der Waals surface area (Å²) in [5.74, 6) is 2.62. The lowest BCUT2D eigenvalue weighted by molar-refractivity contribution is 0.252. The van der Waals surface area contributed by atoms with Gasteiger partial charge in [0.25, 0.3) is 0 Å². The maximum atomic E-state index is 11.9. The molecule has 0 aliphatic heterocycles. The summed E-state index contributed by atoms with van der Waals surface area (Å²) < 4.78 is 0. The molecule has 0 aliphatic rings. The summed E-state index contributed by atoms with van der Waals surface area (Å²) in [5.41, 5.74) is 0.634. The maximum absolute atomic E-state index is 11.9. The van der Waals surface area contributed by atoms with Crippen LogP contribution in [-0.4, -0.2) is 34.1 Å². The molecule has 0 radical (unpaired) electrons. The predicted molar refractivity (Wildman–Crippen MR) is 111 cm³/mol. The largest absolute Gasteiger partial charge is 0.368 e. The van der Waals surface area contributed by atoms with E-state index in [1.807, 2.05) is 25.1 Å². The topological polar surface area (TPSA) is 104 Å². The van der Waals surface area contributed by atoms with Crippen molar-refractivity contribution in [1.29, 1.82) is 0 Å². The van der Waals surface area contributed by atoms with Crippen molar-refractivity contribution in [3.05, 3.63) is 65.6 Å². The van der Waals surface area contributed by atoms with Gasteiger partial charge in [0.15, 0.2) is 0 Å². The Bertz CT molecular complexity index is 937. The van der Waals surface area contributed by atoms with Gasteiger partial charge in [-0.25, -0.2) is 19.7 Å². The minimum Gasteiger partial charge on any atom is -0.368 e. The summed E-state index contributed by atoms with van der Waals surface area (Å²) in [4.78, 5) is 24.8. The zero-order valence-electron chi connectivity index (χ0n) is 15.2. The van der Waals surface area contributed by atoms with Gasteiger partial charge in [-0.05, 0) is 37.3 Å². The van der Waals surface area contributed by atoms with Gasteiger partial charge in [0.05, 0.1) is 0 Å². The molecule has 1 aromatic carbocycles. The predicted octanol–water partition coefficient (Wildman–Crippen LogP) is 3.81. The van der Waals surface area contributed by atoms with Crippen molar-refractivity contribution < 1.29 is 4.79 Å². The van der Waals surface area contributed by atoms with Gasteiger partial charge in [0.2, 0.25) is 0 Å². The summed E-state index contributed by atoms with van der Waals surface area (Å²) in [7, 11) is 0. The zero-order valence-corrected chi connectivity index (χ0v) is 16.0. The van der Waals surface area contributed by atoms with E-state index >= 15 is 0 Å². The van der Waals surface area contributed by atoms with Crippen molar-refractivity contribution in [3.63, 3.8) is 0 Å². The lowest BCUT2D eigenvalue weighted by Gasteiger charge is -2.11. The molecular formula is C19H20ClN7O. The van der Waals surface area contributed by atoms with Crippen LogP contribution < -0.4 is 21.3 Å². The van der Waals surface area contributed by atoms with Crippen LogP contribution in [0.1, 0.15) is 5.82 Å². The molecular weight excluding hydrogens is 378 g/mol. The van der Waals surface area contributed by atoms with Gasteiger partial charge in [-0.3, -0.25) is 0 Å². The Morgan fingerprint density at radius 1 is 1.00 bits per heavy atom. The summed E-state index contributed by atoms with van der Waals surface area (Å²) in [6.45, 7) is 2.73. The molecule has 2 aromatic heterocycles. The number of hydrogen-bond acceptors (Lipinski definition) is 6. The van der Waals surface area contributed by atoms with Crippen LogP contribution in [0.15, 0.2) is 54.7 Å². The van der Waals surface area contributed by atoms with Crippen LogP contribution in [0.3, 0.4) is 0 Å². The molecule has 0 bridgehead atoms. The molecule has 0 aliphatic carbocycles. The fourth-order valence-electron chi connectivity index (χ4n) is 2.40. The van der Waals surface area contributed by atoms with E-state index in [0.717, 1.165) is 0 Å². The number of carbonyl (C=O) groups is 1. The summed E-state index contributed by atoms with van der Waals surface area (Å²) in [5, 5.41) is 12.3. The smallest absolute Gasteiger partial charge is 0.319 e. The Kier molecular flexibility index (Phi) is 6.59. The number of benzene rings is 1. The van der Waals surface area contributed by atoms with E-state index in [2.05, 4.69) is 36.2 Å². The van der Waals surface area contributed by atoms with Gasteiger partial charge in [0.1, 0.15) is 23.3 Å². The first-order valence-corrected chi connectivity index (χ1v) is 9.04. The summed E-state index contributed by atoms with van der Waals surface area (Å²) >= 11 is 5.90. The Hall–Kier alpha value is -3.39. The highest BCUT2D eigenvalue weighted by molar-refractivity contribution is 6.30. The molecule has 28 heavy (non-hydrogen) atoms. The van der Waals surface area contributed by atoms with Crippen LogP contribution in [0.5, 0.6) is 0 Å². The van der Waals surface area contributed by atoms with Gasteiger partial charge in [-0.1, -0.05) is 23.7 Å². The van der Waals surface area contributed by atoms with Crippen molar-refractivity contribution in [1.82, 2.24) is 20.3 Å². The van der Waals surface area contributed by atoms with E-state index in [-0.39, 0.29) is 6.03 Å². The summed E-state index contributed by atoms with van der Waals surface area (Å²) in [6.07, 6.45) is 1.70.